The first-order valence-electron chi connectivity index (χ1n) is 5.78. The van der Waals surface area contributed by atoms with Crippen LogP contribution >= 0.6 is 11.3 Å². The Morgan fingerprint density at radius 1 is 1.41 bits per heavy atom. The Morgan fingerprint density at radius 2 is 2.29 bits per heavy atom. The molecule has 1 saturated heterocycles. The fraction of sp³-hybridized carbons (Fsp3) is 0.462. The molecule has 0 radical (unpaired) electrons. The quantitative estimate of drug-likeness (QED) is 0.741. The van der Waals surface area contributed by atoms with Gasteiger partial charge in [-0.3, -0.25) is 9.69 Å². The minimum Gasteiger partial charge on any atom is -0.337 e. The molecule has 1 amide bonds. The first-order chi connectivity index (χ1) is 8.31. The summed E-state index contributed by atoms with van der Waals surface area (Å²) >= 11 is 1.56. The molecule has 0 aromatic carbocycles. The Balaban J connectivity index is 1.95. The van der Waals surface area contributed by atoms with Gasteiger partial charge in [0.05, 0.1) is 12.1 Å². The van der Waals surface area contributed by atoms with Gasteiger partial charge in [-0.15, -0.1) is 6.42 Å². The maximum Gasteiger partial charge on any atom is 0.254 e. The van der Waals surface area contributed by atoms with E-state index in [4.69, 9.17) is 6.42 Å². The summed E-state index contributed by atoms with van der Waals surface area (Å²) in [4.78, 5) is 16.3. The van der Waals surface area contributed by atoms with Crippen molar-refractivity contribution in [2.24, 2.45) is 0 Å². The molecule has 1 aromatic heterocycles. The topological polar surface area (TPSA) is 23.6 Å². The zero-order valence-corrected chi connectivity index (χ0v) is 10.6. The van der Waals surface area contributed by atoms with E-state index in [1.807, 2.05) is 21.7 Å². The van der Waals surface area contributed by atoms with Crippen LogP contribution in [0.1, 0.15) is 16.8 Å². The number of terminal acetylenes is 1. The largest absolute Gasteiger partial charge is 0.337 e. The maximum atomic E-state index is 12.2. The van der Waals surface area contributed by atoms with Gasteiger partial charge < -0.3 is 4.90 Å². The number of nitrogens with zero attached hydrogens (tertiary/aromatic N) is 2. The highest BCUT2D eigenvalue weighted by Gasteiger charge is 2.19. The van der Waals surface area contributed by atoms with E-state index in [-0.39, 0.29) is 5.91 Å². The molecule has 0 unspecified atom stereocenters. The summed E-state index contributed by atoms with van der Waals surface area (Å²) in [5.74, 6) is 2.81. The van der Waals surface area contributed by atoms with Crippen LogP contribution in [0.3, 0.4) is 0 Å². The third kappa shape index (κ3) is 3.09. The molecule has 1 aromatic rings. The highest BCUT2D eigenvalue weighted by Crippen LogP contribution is 2.12. The predicted octanol–water partition coefficient (Wildman–Crippen LogP) is 1.53. The van der Waals surface area contributed by atoms with E-state index >= 15 is 0 Å². The number of amides is 1. The van der Waals surface area contributed by atoms with Gasteiger partial charge in [0, 0.05) is 31.6 Å². The summed E-state index contributed by atoms with van der Waals surface area (Å²) in [5, 5.41) is 3.85. The molecule has 1 aliphatic rings. The van der Waals surface area contributed by atoms with Gasteiger partial charge in [0.25, 0.3) is 5.91 Å². The minimum absolute atomic E-state index is 0.147. The van der Waals surface area contributed by atoms with Crippen molar-refractivity contribution in [3.63, 3.8) is 0 Å². The summed E-state index contributed by atoms with van der Waals surface area (Å²) in [6.07, 6.45) is 6.31. The first kappa shape index (κ1) is 12.2. The van der Waals surface area contributed by atoms with E-state index in [9.17, 15) is 4.79 Å². The molecule has 1 aliphatic heterocycles. The molecule has 0 spiro atoms. The average Bonchev–Trinajstić information content (AvgIpc) is 2.76. The lowest BCUT2D eigenvalue weighted by Gasteiger charge is -2.20. The molecular weight excluding hydrogens is 232 g/mol. The van der Waals surface area contributed by atoms with Crippen molar-refractivity contribution in [2.45, 2.75) is 6.42 Å². The van der Waals surface area contributed by atoms with Crippen LogP contribution in [0.25, 0.3) is 0 Å². The van der Waals surface area contributed by atoms with Gasteiger partial charge in [-0.05, 0) is 17.9 Å². The number of carbonyl (C=O) groups is 1. The summed E-state index contributed by atoms with van der Waals surface area (Å²) < 4.78 is 0. The number of hydrogen-bond acceptors (Lipinski definition) is 3. The first-order valence-corrected chi connectivity index (χ1v) is 6.73. The van der Waals surface area contributed by atoms with Gasteiger partial charge >= 0.3 is 0 Å². The molecular formula is C13H16N2OS. The summed E-state index contributed by atoms with van der Waals surface area (Å²) in [5.41, 5.74) is 0.806. The molecule has 3 nitrogen and oxygen atoms in total. The van der Waals surface area contributed by atoms with E-state index in [2.05, 4.69) is 10.8 Å². The van der Waals surface area contributed by atoms with E-state index in [1.165, 1.54) is 0 Å². The van der Waals surface area contributed by atoms with Crippen molar-refractivity contribution in [2.75, 3.05) is 32.7 Å². The number of rotatable bonds is 2. The second-order valence-electron chi connectivity index (χ2n) is 4.14. The van der Waals surface area contributed by atoms with E-state index in [0.717, 1.165) is 38.2 Å². The molecule has 90 valence electrons. The van der Waals surface area contributed by atoms with Crippen molar-refractivity contribution in [3.8, 4) is 12.3 Å². The lowest BCUT2D eigenvalue weighted by atomic mass is 10.3. The van der Waals surface area contributed by atoms with Crippen molar-refractivity contribution < 1.29 is 4.79 Å². The smallest absolute Gasteiger partial charge is 0.254 e. The fourth-order valence-electron chi connectivity index (χ4n) is 2.03. The van der Waals surface area contributed by atoms with Gasteiger partial charge in [-0.2, -0.15) is 11.3 Å². The fourth-order valence-corrected chi connectivity index (χ4v) is 2.66. The molecule has 17 heavy (non-hydrogen) atoms. The van der Waals surface area contributed by atoms with Crippen LogP contribution in [-0.4, -0.2) is 48.4 Å². The molecule has 0 bridgehead atoms. The Hall–Kier alpha value is -1.31. The molecule has 2 heterocycles. The van der Waals surface area contributed by atoms with Gasteiger partial charge in [0.1, 0.15) is 0 Å². The molecule has 2 rings (SSSR count). The van der Waals surface area contributed by atoms with E-state index in [1.54, 1.807) is 11.3 Å². The van der Waals surface area contributed by atoms with Crippen molar-refractivity contribution in [3.05, 3.63) is 22.4 Å². The van der Waals surface area contributed by atoms with Gasteiger partial charge in [0.15, 0.2) is 0 Å². The Kier molecular flexibility index (Phi) is 4.18. The number of thiophene rings is 1. The number of carbonyl (C=O) groups excluding carboxylic acids is 1. The zero-order chi connectivity index (χ0) is 12.1. The molecule has 4 heteroatoms. The van der Waals surface area contributed by atoms with Crippen LogP contribution in [0.2, 0.25) is 0 Å². The second-order valence-corrected chi connectivity index (χ2v) is 4.92. The predicted molar refractivity (Wildman–Crippen MR) is 70.1 cm³/mol. The monoisotopic (exact) mass is 248 g/mol. The molecule has 0 aliphatic carbocycles. The molecule has 0 saturated carbocycles. The van der Waals surface area contributed by atoms with Crippen LogP contribution in [-0.2, 0) is 0 Å². The Morgan fingerprint density at radius 3 is 3.00 bits per heavy atom. The van der Waals surface area contributed by atoms with Crippen molar-refractivity contribution in [1.29, 1.82) is 0 Å². The summed E-state index contributed by atoms with van der Waals surface area (Å²) in [6, 6.07) is 1.89. The Labute approximate surface area is 106 Å². The summed E-state index contributed by atoms with van der Waals surface area (Å²) in [6.45, 7) is 4.14. The van der Waals surface area contributed by atoms with Crippen LogP contribution in [0, 0.1) is 12.3 Å². The Bertz CT molecular complexity index is 408. The highest BCUT2D eigenvalue weighted by molar-refractivity contribution is 7.08. The van der Waals surface area contributed by atoms with Crippen molar-refractivity contribution in [1.82, 2.24) is 9.80 Å². The average molecular weight is 248 g/mol. The van der Waals surface area contributed by atoms with Crippen LogP contribution < -0.4 is 0 Å². The lowest BCUT2D eigenvalue weighted by Crippen LogP contribution is -2.35. The van der Waals surface area contributed by atoms with Crippen LogP contribution in [0.4, 0.5) is 0 Å². The second kappa shape index (κ2) is 5.85. The van der Waals surface area contributed by atoms with Gasteiger partial charge in [-0.1, -0.05) is 5.92 Å². The van der Waals surface area contributed by atoms with Crippen LogP contribution in [0.5, 0.6) is 0 Å². The third-order valence-corrected chi connectivity index (χ3v) is 3.64. The minimum atomic E-state index is 0.147. The summed E-state index contributed by atoms with van der Waals surface area (Å²) in [7, 11) is 0. The molecule has 0 atom stereocenters. The molecule has 0 N–H and O–H groups in total. The standard InChI is InChI=1S/C13H16N2OS/c1-2-5-14-6-3-7-15(9-8-14)13(16)12-4-10-17-11-12/h1,4,10-11H,3,5-9H2. The van der Waals surface area contributed by atoms with Crippen LogP contribution in [0.15, 0.2) is 16.8 Å². The maximum absolute atomic E-state index is 12.2. The number of hydrogen-bond donors (Lipinski definition) is 0. The van der Waals surface area contributed by atoms with Crippen molar-refractivity contribution >= 4 is 17.2 Å². The highest BCUT2D eigenvalue weighted by atomic mass is 32.1. The SMILES string of the molecule is C#CCN1CCCN(C(=O)c2ccsc2)CC1. The molecule has 1 fully saturated rings. The van der Waals surface area contributed by atoms with E-state index < -0.39 is 0 Å². The lowest BCUT2D eigenvalue weighted by molar-refractivity contribution is 0.0763. The van der Waals surface area contributed by atoms with Gasteiger partial charge in [-0.25, -0.2) is 0 Å². The van der Waals surface area contributed by atoms with Gasteiger partial charge in [0.2, 0.25) is 0 Å². The normalized spacial score (nSPS) is 17.5. The zero-order valence-electron chi connectivity index (χ0n) is 9.76. The third-order valence-electron chi connectivity index (χ3n) is 2.96. The van der Waals surface area contributed by atoms with E-state index in [0.29, 0.717) is 6.54 Å².